The summed E-state index contributed by atoms with van der Waals surface area (Å²) in [5.41, 5.74) is 0.302. The van der Waals surface area contributed by atoms with Gasteiger partial charge >= 0.3 is 0 Å². The fraction of sp³-hybridized carbons (Fsp3) is 0.500. The van der Waals surface area contributed by atoms with Crippen LogP contribution in [0.15, 0.2) is 0 Å². The van der Waals surface area contributed by atoms with Crippen LogP contribution >= 0.6 is 67.8 Å². The quantitative estimate of drug-likeness (QED) is 0.120. The lowest BCUT2D eigenvalue weighted by atomic mass is 10.1. The van der Waals surface area contributed by atoms with E-state index < -0.39 is 56.9 Å². The van der Waals surface area contributed by atoms with E-state index in [2.05, 4.69) is 5.32 Å². The van der Waals surface area contributed by atoms with E-state index in [-0.39, 0.29) is 43.7 Å². The van der Waals surface area contributed by atoms with Gasteiger partial charge in [0.2, 0.25) is 0 Å². The molecule has 0 aromatic heterocycles. The number of carbonyl (C=O) groups excluding carboxylic acids is 3. The van der Waals surface area contributed by atoms with Crippen molar-refractivity contribution in [3.8, 4) is 0 Å². The Morgan fingerprint density at radius 3 is 1.55 bits per heavy atom. The van der Waals surface area contributed by atoms with Gasteiger partial charge in [0.15, 0.2) is 0 Å². The lowest BCUT2D eigenvalue weighted by Crippen LogP contribution is -2.41. The van der Waals surface area contributed by atoms with Gasteiger partial charge in [-0.25, -0.2) is 0 Å². The van der Waals surface area contributed by atoms with Gasteiger partial charge in [0, 0.05) is 19.6 Å². The number of hydrogen-bond donors (Lipinski definition) is 7. The Balaban J connectivity index is 3.92. The van der Waals surface area contributed by atoms with Crippen LogP contribution in [0.3, 0.4) is 0 Å². The van der Waals surface area contributed by atoms with E-state index in [1.165, 1.54) is 0 Å². The van der Waals surface area contributed by atoms with E-state index in [0.717, 1.165) is 9.80 Å². The number of halogens is 3. The summed E-state index contributed by atoms with van der Waals surface area (Å²) in [7, 11) is 0. The fourth-order valence-corrected chi connectivity index (χ4v) is 7.59. The average molecular weight is 807 g/mol. The molecule has 0 spiro atoms. The minimum absolute atomic E-state index is 0.0223. The molecule has 33 heavy (non-hydrogen) atoms. The van der Waals surface area contributed by atoms with Crippen LogP contribution in [-0.4, -0.2) is 107 Å². The number of aliphatic hydroxyl groups is 6. The Morgan fingerprint density at radius 1 is 0.788 bits per heavy atom. The number of nitrogens with one attached hydrogen (secondary N) is 1. The monoisotopic (exact) mass is 807 g/mol. The highest BCUT2D eigenvalue weighted by molar-refractivity contribution is 14.1. The second kappa shape index (κ2) is 14.9. The minimum Gasteiger partial charge on any atom is -0.395 e. The normalized spacial score (nSPS) is 11.8. The molecular formula is C18H24I3N3O9. The van der Waals surface area contributed by atoms with Crippen LogP contribution in [0.2, 0.25) is 0 Å². The molecule has 0 heterocycles. The van der Waals surface area contributed by atoms with Crippen molar-refractivity contribution in [1.82, 2.24) is 5.32 Å². The molecule has 12 nitrogen and oxygen atoms in total. The summed E-state index contributed by atoms with van der Waals surface area (Å²) in [5, 5.41) is 58.9. The van der Waals surface area contributed by atoms with Crippen molar-refractivity contribution in [3.63, 3.8) is 0 Å². The summed E-state index contributed by atoms with van der Waals surface area (Å²) in [6.07, 6.45) is -1.21. The third-order valence-corrected chi connectivity index (χ3v) is 7.39. The van der Waals surface area contributed by atoms with Gasteiger partial charge in [-0.05, 0) is 67.8 Å². The van der Waals surface area contributed by atoms with Crippen LogP contribution in [0.4, 0.5) is 11.4 Å². The molecule has 0 aliphatic rings. The summed E-state index contributed by atoms with van der Waals surface area (Å²) < 4.78 is 0.826. The minimum atomic E-state index is -1.21. The van der Waals surface area contributed by atoms with Gasteiger partial charge in [0.1, 0.15) is 13.2 Å². The topological polar surface area (TPSA) is 191 Å². The van der Waals surface area contributed by atoms with E-state index in [9.17, 15) is 39.9 Å². The van der Waals surface area contributed by atoms with Crippen molar-refractivity contribution >= 4 is 96.9 Å². The molecule has 0 fully saturated rings. The predicted molar refractivity (Wildman–Crippen MR) is 143 cm³/mol. The molecule has 0 aliphatic heterocycles. The number of nitrogens with zero attached hydrogens (tertiary/aromatic N) is 2. The summed E-state index contributed by atoms with van der Waals surface area (Å²) in [6.45, 7) is -3.97. The molecule has 1 unspecified atom stereocenters. The van der Waals surface area contributed by atoms with E-state index in [1.54, 1.807) is 0 Å². The molecule has 0 aliphatic carbocycles. The first-order valence-electron chi connectivity index (χ1n) is 9.42. The van der Waals surface area contributed by atoms with Crippen molar-refractivity contribution in [1.29, 1.82) is 0 Å². The zero-order valence-corrected chi connectivity index (χ0v) is 23.6. The number of amides is 3. The molecule has 1 atom stereocenters. The second-order valence-electron chi connectivity index (χ2n) is 6.41. The van der Waals surface area contributed by atoms with Gasteiger partial charge in [-0.1, -0.05) is 0 Å². The standard InChI is InChI=1S/C18H24I3N3O9/c19-13-12(18(33)22-5-9(30)6-27)14(20)17(24(2-4-26)11(32)8-29)15(21)16(13)23(1-3-25)10(31)7-28/h9,25-30H,1-8H2,(H,22,33). The van der Waals surface area contributed by atoms with Crippen LogP contribution in [0.1, 0.15) is 10.4 Å². The number of carbonyl (C=O) groups is 3. The number of rotatable bonds is 12. The van der Waals surface area contributed by atoms with E-state index in [4.69, 9.17) is 5.11 Å². The van der Waals surface area contributed by atoms with Gasteiger partial charge in [-0.2, -0.15) is 0 Å². The second-order valence-corrected chi connectivity index (χ2v) is 9.65. The first-order chi connectivity index (χ1) is 15.6. The Bertz CT molecular complexity index is 819. The predicted octanol–water partition coefficient (Wildman–Crippen LogP) is -1.78. The van der Waals surface area contributed by atoms with E-state index >= 15 is 0 Å². The Hall–Kier alpha value is -0.420. The van der Waals surface area contributed by atoms with E-state index in [0.29, 0.717) is 3.57 Å². The molecule has 0 radical (unpaired) electrons. The van der Waals surface area contributed by atoms with Crippen molar-refractivity contribution in [2.45, 2.75) is 6.10 Å². The number of benzene rings is 1. The highest BCUT2D eigenvalue weighted by Gasteiger charge is 2.32. The molecule has 15 heteroatoms. The lowest BCUT2D eigenvalue weighted by molar-refractivity contribution is -0.122. The summed E-state index contributed by atoms with van der Waals surface area (Å²) in [5.74, 6) is -2.22. The third-order valence-electron chi connectivity index (χ3n) is 4.27. The third kappa shape index (κ3) is 7.53. The zero-order valence-electron chi connectivity index (χ0n) is 17.2. The molecule has 0 bridgehead atoms. The van der Waals surface area contributed by atoms with Gasteiger partial charge in [-0.15, -0.1) is 0 Å². The SMILES string of the molecule is O=C(NCC(O)CO)c1c(I)c(N(CCO)C(=O)CO)c(I)c(N(CCO)C(=O)CO)c1I. The van der Waals surface area contributed by atoms with Gasteiger partial charge < -0.3 is 45.8 Å². The highest BCUT2D eigenvalue weighted by Crippen LogP contribution is 2.42. The van der Waals surface area contributed by atoms with Crippen molar-refractivity contribution in [3.05, 3.63) is 16.3 Å². The van der Waals surface area contributed by atoms with Gasteiger partial charge in [0.05, 0.1) is 53.6 Å². The smallest absolute Gasteiger partial charge is 0.253 e. The maximum Gasteiger partial charge on any atom is 0.253 e. The Kier molecular flexibility index (Phi) is 13.8. The highest BCUT2D eigenvalue weighted by atomic mass is 127. The summed E-state index contributed by atoms with van der Waals surface area (Å²) >= 11 is 5.50. The molecule has 0 saturated heterocycles. The molecule has 0 saturated carbocycles. The lowest BCUT2D eigenvalue weighted by Gasteiger charge is -2.31. The number of anilines is 2. The molecule has 1 aromatic rings. The fourth-order valence-electron chi connectivity index (χ4n) is 2.77. The van der Waals surface area contributed by atoms with E-state index in [1.807, 2.05) is 67.8 Å². The molecule has 1 aromatic carbocycles. The summed E-state index contributed by atoms with van der Waals surface area (Å²) in [4.78, 5) is 40.1. The molecule has 3 amide bonds. The maximum absolute atomic E-state index is 13.0. The Morgan fingerprint density at radius 2 is 1.21 bits per heavy atom. The van der Waals surface area contributed by atoms with Crippen LogP contribution in [-0.2, 0) is 9.59 Å². The number of aliphatic hydroxyl groups excluding tert-OH is 6. The van der Waals surface area contributed by atoms with Crippen LogP contribution in [0.5, 0.6) is 0 Å². The number of hydrogen-bond acceptors (Lipinski definition) is 9. The summed E-state index contributed by atoms with van der Waals surface area (Å²) in [6, 6.07) is 0. The van der Waals surface area contributed by atoms with Gasteiger partial charge in [-0.3, -0.25) is 14.4 Å². The first kappa shape index (κ1) is 30.6. The van der Waals surface area contributed by atoms with Crippen molar-refractivity contribution < 1.29 is 45.0 Å². The van der Waals surface area contributed by atoms with Crippen LogP contribution in [0.25, 0.3) is 0 Å². The molecule has 186 valence electrons. The Labute approximate surface area is 230 Å². The largest absolute Gasteiger partial charge is 0.395 e. The van der Waals surface area contributed by atoms with Crippen molar-refractivity contribution in [2.24, 2.45) is 0 Å². The van der Waals surface area contributed by atoms with Crippen molar-refractivity contribution in [2.75, 3.05) is 62.5 Å². The van der Waals surface area contributed by atoms with Crippen LogP contribution < -0.4 is 15.1 Å². The molecular weight excluding hydrogens is 783 g/mol. The van der Waals surface area contributed by atoms with Crippen LogP contribution in [0, 0.1) is 10.7 Å². The maximum atomic E-state index is 13.0. The zero-order chi connectivity index (χ0) is 25.3. The molecule has 1 rings (SSSR count). The van der Waals surface area contributed by atoms with Gasteiger partial charge in [0.25, 0.3) is 17.7 Å². The average Bonchev–Trinajstić information content (AvgIpc) is 2.80. The first-order valence-corrected chi connectivity index (χ1v) is 12.7. The molecule has 7 N–H and O–H groups in total.